The molecule has 0 spiro atoms. The molecule has 12 heteroatoms. The summed E-state index contributed by atoms with van der Waals surface area (Å²) in [6, 6.07) is 8.34. The monoisotopic (exact) mass is 479 g/mol. The summed E-state index contributed by atoms with van der Waals surface area (Å²) in [5.41, 5.74) is -2.26. The first-order valence-electron chi connectivity index (χ1n) is 9.16. The average molecular weight is 480 g/mol. The topological polar surface area (TPSA) is 140 Å². The summed E-state index contributed by atoms with van der Waals surface area (Å²) in [5, 5.41) is 27.8. The van der Waals surface area contributed by atoms with Crippen LogP contribution in [0.3, 0.4) is 0 Å². The normalized spacial score (nSPS) is 21.8. The Hall–Kier alpha value is -2.87. The lowest BCUT2D eigenvalue weighted by Gasteiger charge is -2.26. The van der Waals surface area contributed by atoms with Crippen LogP contribution >= 0.6 is 0 Å². The summed E-state index contributed by atoms with van der Waals surface area (Å²) < 4.78 is 67.4. The summed E-state index contributed by atoms with van der Waals surface area (Å²) in [6.45, 7) is 5.88. The molecule has 0 unspecified atom stereocenters. The highest BCUT2D eigenvalue weighted by atomic mass is 32.2. The third-order valence-electron chi connectivity index (χ3n) is 5.36. The molecule has 1 aliphatic heterocycles. The molecule has 0 radical (unpaired) electrons. The second kappa shape index (κ2) is 8.24. The molecule has 0 amide bonds. The first-order chi connectivity index (χ1) is 14.9. The molecule has 3 rings (SSSR count). The van der Waals surface area contributed by atoms with Crippen LogP contribution in [-0.2, 0) is 19.9 Å². The zero-order chi connectivity index (χ0) is 23.9. The molecule has 9 nitrogen and oxygen atoms in total. The van der Waals surface area contributed by atoms with Crippen LogP contribution in [0, 0.1) is 30.6 Å². The van der Waals surface area contributed by atoms with Gasteiger partial charge in [-0.25, -0.2) is 26.1 Å². The van der Waals surface area contributed by atoms with E-state index in [4.69, 9.17) is 11.8 Å². The molecule has 2 N–H and O–H groups in total. The number of nitrogens with zero attached hydrogens (tertiary/aromatic N) is 3. The number of hydrogen-bond donors (Lipinski definition) is 2. The number of aliphatic hydroxyl groups excluding tert-OH is 1. The Morgan fingerprint density at radius 1 is 1.28 bits per heavy atom. The van der Waals surface area contributed by atoms with Gasteiger partial charge in [-0.15, -0.1) is 0 Å². The Morgan fingerprint density at radius 2 is 1.97 bits per heavy atom. The van der Waals surface area contributed by atoms with Gasteiger partial charge in [0.25, 0.3) is 0 Å². The lowest BCUT2D eigenvalue weighted by atomic mass is 10.1. The van der Waals surface area contributed by atoms with Crippen LogP contribution in [0.1, 0.15) is 11.1 Å². The molecular weight excluding hydrogens is 461 g/mol. The highest BCUT2D eigenvalue weighted by molar-refractivity contribution is 7.92. The molecule has 1 aliphatic rings. The van der Waals surface area contributed by atoms with E-state index in [1.165, 1.54) is 25.1 Å². The summed E-state index contributed by atoms with van der Waals surface area (Å²) in [7, 11) is -8.80. The second-order valence-corrected chi connectivity index (χ2v) is 11.4. The van der Waals surface area contributed by atoms with Gasteiger partial charge in [-0.3, -0.25) is 0 Å². The zero-order valence-corrected chi connectivity index (χ0v) is 18.4. The minimum atomic E-state index is -4.50. The van der Waals surface area contributed by atoms with E-state index in [9.17, 15) is 31.4 Å². The fraction of sp³-hybridized carbons (Fsp3) is 0.300. The molecule has 32 heavy (non-hydrogen) atoms. The molecule has 1 heterocycles. The van der Waals surface area contributed by atoms with E-state index in [0.717, 1.165) is 16.4 Å². The van der Waals surface area contributed by atoms with Crippen molar-refractivity contribution in [3.63, 3.8) is 0 Å². The number of aryl methyl sites for hydroxylation is 1. The molecule has 2 atom stereocenters. The van der Waals surface area contributed by atoms with Crippen molar-refractivity contribution in [3.05, 3.63) is 64.8 Å². The van der Waals surface area contributed by atoms with Gasteiger partial charge in [0.1, 0.15) is 16.7 Å². The number of rotatable bonds is 5. The van der Waals surface area contributed by atoms with E-state index in [2.05, 4.69) is 4.85 Å². The van der Waals surface area contributed by atoms with Crippen molar-refractivity contribution in [2.75, 3.05) is 19.7 Å². The van der Waals surface area contributed by atoms with Gasteiger partial charge < -0.3 is 10.2 Å². The van der Waals surface area contributed by atoms with Crippen molar-refractivity contribution in [3.8, 4) is 6.07 Å². The van der Waals surface area contributed by atoms with Gasteiger partial charge >= 0.3 is 0 Å². The van der Waals surface area contributed by atoms with Crippen molar-refractivity contribution in [2.45, 2.75) is 27.6 Å². The highest BCUT2D eigenvalue weighted by Crippen LogP contribution is 2.36. The summed E-state index contributed by atoms with van der Waals surface area (Å²) in [4.78, 5) is 2.19. The van der Waals surface area contributed by atoms with Crippen molar-refractivity contribution in [1.82, 2.24) is 4.31 Å². The van der Waals surface area contributed by atoms with Gasteiger partial charge in [0.2, 0.25) is 15.7 Å². The predicted octanol–water partition coefficient (Wildman–Crippen LogP) is 1.13. The number of aliphatic hydroxyl groups is 2. The van der Waals surface area contributed by atoms with E-state index in [-0.39, 0.29) is 16.0 Å². The maximum atomic E-state index is 14.0. The van der Waals surface area contributed by atoms with E-state index < -0.39 is 66.8 Å². The molecule has 0 aliphatic carbocycles. The molecule has 0 saturated carbocycles. The van der Waals surface area contributed by atoms with Crippen LogP contribution in [-0.4, -0.2) is 61.9 Å². The van der Waals surface area contributed by atoms with Gasteiger partial charge in [-0.05, 0) is 36.8 Å². The van der Waals surface area contributed by atoms with Crippen LogP contribution in [0.25, 0.3) is 4.85 Å². The van der Waals surface area contributed by atoms with Gasteiger partial charge in [-0.1, -0.05) is 12.1 Å². The number of benzene rings is 2. The maximum Gasteiger partial charge on any atom is 0.243 e. The van der Waals surface area contributed by atoms with Gasteiger partial charge in [0, 0.05) is 13.1 Å². The van der Waals surface area contributed by atoms with Crippen molar-refractivity contribution >= 4 is 25.5 Å². The van der Waals surface area contributed by atoms with Gasteiger partial charge in [0.05, 0.1) is 34.6 Å². The molecule has 0 aromatic heterocycles. The van der Waals surface area contributed by atoms with Crippen LogP contribution in [0.2, 0.25) is 0 Å². The predicted molar refractivity (Wildman–Crippen MR) is 110 cm³/mol. The van der Waals surface area contributed by atoms with Crippen LogP contribution in [0.4, 0.5) is 10.1 Å². The summed E-state index contributed by atoms with van der Waals surface area (Å²) in [6.07, 6.45) is 0. The van der Waals surface area contributed by atoms with Crippen LogP contribution < -0.4 is 0 Å². The number of hydrogen-bond acceptors (Lipinski definition) is 7. The average Bonchev–Trinajstić information content (AvgIpc) is 3.13. The Balaban J connectivity index is 2.04. The van der Waals surface area contributed by atoms with Crippen LogP contribution in [0.5, 0.6) is 0 Å². The van der Waals surface area contributed by atoms with Gasteiger partial charge in [0.15, 0.2) is 9.84 Å². The number of halogens is 1. The molecule has 1 saturated heterocycles. The maximum absolute atomic E-state index is 14.0. The standard InChI is InChI=1S/C20H18FN3O6S2/c1-13-7-14(9-22)3-6-18(13)32(29,30)24-10-19(20(26,11-24)12-25)31(27,28)15-4-5-17(23-2)16(21)8-15/h3-8,19,25-26H,10-12H2,1H3/t19-,20+/m0/s1. The van der Waals surface area contributed by atoms with Crippen molar-refractivity contribution < 1.29 is 31.4 Å². The number of nitriles is 1. The molecular formula is C20H18FN3O6S2. The first-order valence-corrected chi connectivity index (χ1v) is 12.1. The number of β-amino-alcohol motifs (C(OH)–C–C–N with tert-alkyl or cyclic N) is 1. The van der Waals surface area contributed by atoms with Crippen molar-refractivity contribution in [2.24, 2.45) is 0 Å². The largest absolute Gasteiger partial charge is 0.393 e. The Morgan fingerprint density at radius 3 is 2.50 bits per heavy atom. The first kappa shape index (κ1) is 23.8. The fourth-order valence-electron chi connectivity index (χ4n) is 3.62. The Bertz CT molecular complexity index is 1380. The third-order valence-corrected chi connectivity index (χ3v) is 9.58. The molecule has 0 bridgehead atoms. The SMILES string of the molecule is [C-]#[N+]c1ccc(S(=O)(=O)[C@H]2CN(S(=O)(=O)c3ccc(C#N)cc3C)C[C@@]2(O)CO)cc1F. The molecule has 168 valence electrons. The summed E-state index contributed by atoms with van der Waals surface area (Å²) >= 11 is 0. The fourth-order valence-corrected chi connectivity index (χ4v) is 7.39. The zero-order valence-electron chi connectivity index (χ0n) is 16.7. The van der Waals surface area contributed by atoms with E-state index in [0.29, 0.717) is 6.07 Å². The smallest absolute Gasteiger partial charge is 0.243 e. The highest BCUT2D eigenvalue weighted by Gasteiger charge is 2.55. The number of sulfone groups is 1. The van der Waals surface area contributed by atoms with Crippen molar-refractivity contribution in [1.29, 1.82) is 5.26 Å². The lowest BCUT2D eigenvalue weighted by molar-refractivity contribution is 0.00159. The van der Waals surface area contributed by atoms with Gasteiger partial charge in [-0.2, -0.15) is 9.57 Å². The van der Waals surface area contributed by atoms with Crippen LogP contribution in [0.15, 0.2) is 46.2 Å². The van der Waals surface area contributed by atoms with E-state index in [1.807, 2.05) is 6.07 Å². The van der Waals surface area contributed by atoms with E-state index in [1.54, 1.807) is 0 Å². The molecule has 1 fully saturated rings. The van der Waals surface area contributed by atoms with E-state index >= 15 is 0 Å². The quantitative estimate of drug-likeness (QED) is 0.613. The number of sulfonamides is 1. The minimum absolute atomic E-state index is 0.178. The third kappa shape index (κ3) is 3.88. The molecule has 2 aromatic carbocycles. The second-order valence-electron chi connectivity index (χ2n) is 7.41. The minimum Gasteiger partial charge on any atom is -0.393 e. The lowest BCUT2D eigenvalue weighted by Crippen LogP contribution is -2.49. The Labute approximate surface area is 184 Å². The Kier molecular flexibility index (Phi) is 6.12. The summed E-state index contributed by atoms with van der Waals surface area (Å²) in [5.74, 6) is -1.08. The molecule has 2 aromatic rings.